The molecule has 0 saturated carbocycles. The molecule has 0 aromatic heterocycles. The monoisotopic (exact) mass is 485 g/mol. The maximum absolute atomic E-state index is 11.4. The van der Waals surface area contributed by atoms with Gasteiger partial charge < -0.3 is 10.2 Å². The number of hydrogen-bond acceptors (Lipinski definition) is 3. The first-order chi connectivity index (χ1) is 16.4. The summed E-state index contributed by atoms with van der Waals surface area (Å²) in [5.74, 6) is -0.691. The van der Waals surface area contributed by atoms with Gasteiger partial charge in [0, 0.05) is 12.8 Å². The van der Waals surface area contributed by atoms with Crippen LogP contribution in [0.2, 0.25) is 0 Å². The molecule has 198 valence electrons. The quantitative estimate of drug-likeness (QED) is 0.167. The molecule has 0 heterocycles. The van der Waals surface area contributed by atoms with Gasteiger partial charge in [-0.15, -0.1) is 0 Å². The van der Waals surface area contributed by atoms with Crippen molar-refractivity contribution in [3.63, 3.8) is 0 Å². The third-order valence-electron chi connectivity index (χ3n) is 4.25. The standard InChI is InChI=1S/C23H29NO3.C4H10.2C2H6/c1-7-11-24-14-20(23(26)27)21(25)13-18(5)17(4)12-19(6)22-15(2)9-8-10-16(22)3;1-4(2)3;2*1-2/h8-10,12-14,25H,6-7,11H2,1-5H3,(H,26,27);4H,1-3H3;2*1-2H3/b17-12+,18-13+,21-20-,24-14?;;;. The van der Waals surface area contributed by atoms with Gasteiger partial charge in [-0.3, -0.25) is 4.99 Å². The van der Waals surface area contributed by atoms with E-state index in [0.29, 0.717) is 6.54 Å². The predicted molar refractivity (Wildman–Crippen MR) is 157 cm³/mol. The van der Waals surface area contributed by atoms with Crippen LogP contribution >= 0.6 is 0 Å². The van der Waals surface area contributed by atoms with Gasteiger partial charge >= 0.3 is 5.97 Å². The summed E-state index contributed by atoms with van der Waals surface area (Å²) < 4.78 is 0. The third kappa shape index (κ3) is 16.4. The number of carbonyl (C=O) groups is 1. The number of aryl methyl sites for hydroxylation is 2. The maximum Gasteiger partial charge on any atom is 0.341 e. The molecule has 0 radical (unpaired) electrons. The number of hydrogen-bond donors (Lipinski definition) is 2. The van der Waals surface area contributed by atoms with Crippen molar-refractivity contribution in [1.29, 1.82) is 0 Å². The second kappa shape index (κ2) is 21.6. The first-order valence-corrected chi connectivity index (χ1v) is 12.7. The van der Waals surface area contributed by atoms with E-state index in [4.69, 9.17) is 0 Å². The molecule has 0 saturated heterocycles. The van der Waals surface area contributed by atoms with Crippen LogP contribution in [0.5, 0.6) is 0 Å². The molecule has 35 heavy (non-hydrogen) atoms. The average molecular weight is 486 g/mol. The number of carboxylic acid groups (broad SMARTS) is 1. The Morgan fingerprint density at radius 1 is 0.971 bits per heavy atom. The Bertz CT molecular complexity index is 861. The van der Waals surface area contributed by atoms with Crippen molar-refractivity contribution in [3.05, 3.63) is 76.1 Å². The fourth-order valence-electron chi connectivity index (χ4n) is 2.68. The van der Waals surface area contributed by atoms with Crippen LogP contribution in [0.4, 0.5) is 0 Å². The number of benzene rings is 1. The van der Waals surface area contributed by atoms with E-state index in [0.717, 1.165) is 45.7 Å². The van der Waals surface area contributed by atoms with Crippen molar-refractivity contribution in [1.82, 2.24) is 0 Å². The maximum atomic E-state index is 11.4. The Kier molecular flexibility index (Phi) is 22.7. The SMILES string of the molecule is C=C(/C=C(C)/C(C)=C/C(O)=C(\C=NCCC)C(=O)O)c1c(C)cccc1C.CC.CC.CC(C)C. The van der Waals surface area contributed by atoms with E-state index in [2.05, 4.69) is 32.3 Å². The van der Waals surface area contributed by atoms with Crippen LogP contribution in [0.3, 0.4) is 0 Å². The van der Waals surface area contributed by atoms with Crippen LogP contribution < -0.4 is 0 Å². The Hall–Kier alpha value is -2.88. The van der Waals surface area contributed by atoms with E-state index >= 15 is 0 Å². The average Bonchev–Trinajstić information content (AvgIpc) is 2.78. The number of aliphatic hydroxyl groups is 1. The molecule has 0 unspecified atom stereocenters. The molecule has 0 aliphatic rings. The lowest BCUT2D eigenvalue weighted by molar-refractivity contribution is -0.132. The Morgan fingerprint density at radius 2 is 1.40 bits per heavy atom. The minimum atomic E-state index is -1.21. The highest BCUT2D eigenvalue weighted by Crippen LogP contribution is 2.25. The van der Waals surface area contributed by atoms with Crippen molar-refractivity contribution in [2.45, 2.75) is 89.5 Å². The molecule has 4 heteroatoms. The van der Waals surface area contributed by atoms with E-state index in [-0.39, 0.29) is 11.3 Å². The molecular formula is C31H51NO3. The zero-order valence-corrected chi connectivity index (χ0v) is 24.4. The lowest BCUT2D eigenvalue weighted by Gasteiger charge is -2.11. The second-order valence-electron chi connectivity index (χ2n) is 8.32. The van der Waals surface area contributed by atoms with Gasteiger partial charge in [-0.05, 0) is 79.5 Å². The van der Waals surface area contributed by atoms with Gasteiger partial charge in [0.25, 0.3) is 0 Å². The van der Waals surface area contributed by atoms with Gasteiger partial charge in [0.15, 0.2) is 0 Å². The Morgan fingerprint density at radius 3 is 1.80 bits per heavy atom. The van der Waals surface area contributed by atoms with Gasteiger partial charge in [-0.2, -0.15) is 0 Å². The topological polar surface area (TPSA) is 69.9 Å². The lowest BCUT2D eigenvalue weighted by Crippen LogP contribution is -2.06. The van der Waals surface area contributed by atoms with Crippen molar-refractivity contribution < 1.29 is 15.0 Å². The molecule has 0 fully saturated rings. The first-order valence-electron chi connectivity index (χ1n) is 12.7. The van der Waals surface area contributed by atoms with Crippen molar-refractivity contribution >= 4 is 17.8 Å². The largest absolute Gasteiger partial charge is 0.507 e. The molecule has 1 aromatic rings. The van der Waals surface area contributed by atoms with Gasteiger partial charge in [0.05, 0.1) is 0 Å². The number of allylic oxidation sites excluding steroid dienone is 5. The molecule has 0 bridgehead atoms. The van der Waals surface area contributed by atoms with E-state index in [1.165, 1.54) is 12.3 Å². The molecule has 0 aliphatic carbocycles. The minimum Gasteiger partial charge on any atom is -0.507 e. The lowest BCUT2D eigenvalue weighted by atomic mass is 9.94. The number of aliphatic carboxylic acids is 1. The molecule has 1 aromatic carbocycles. The summed E-state index contributed by atoms with van der Waals surface area (Å²) >= 11 is 0. The normalized spacial score (nSPS) is 11.9. The predicted octanol–water partition coefficient (Wildman–Crippen LogP) is 9.30. The van der Waals surface area contributed by atoms with Gasteiger partial charge in [0.2, 0.25) is 0 Å². The highest BCUT2D eigenvalue weighted by atomic mass is 16.4. The zero-order valence-electron chi connectivity index (χ0n) is 24.4. The van der Waals surface area contributed by atoms with E-state index in [1.54, 1.807) is 0 Å². The van der Waals surface area contributed by atoms with Crippen LogP contribution in [0.15, 0.2) is 64.4 Å². The second-order valence-corrected chi connectivity index (χ2v) is 8.32. The van der Waals surface area contributed by atoms with Crippen molar-refractivity contribution in [3.8, 4) is 0 Å². The molecule has 2 N–H and O–H groups in total. The summed E-state index contributed by atoms with van der Waals surface area (Å²) in [4.78, 5) is 15.4. The van der Waals surface area contributed by atoms with E-state index < -0.39 is 5.97 Å². The van der Waals surface area contributed by atoms with Crippen LogP contribution in [0.1, 0.15) is 92.3 Å². The number of aliphatic hydroxyl groups excluding tert-OH is 1. The fraction of sp³-hybridized carbons (Fsp3) is 0.484. The summed E-state index contributed by atoms with van der Waals surface area (Å²) in [5.41, 5.74) is 5.70. The zero-order chi connectivity index (χ0) is 28.1. The van der Waals surface area contributed by atoms with Gasteiger partial charge in [0.1, 0.15) is 11.3 Å². The van der Waals surface area contributed by atoms with Crippen molar-refractivity contribution in [2.75, 3.05) is 6.54 Å². The summed E-state index contributed by atoms with van der Waals surface area (Å²) in [6.45, 7) is 28.9. The van der Waals surface area contributed by atoms with Crippen LogP contribution in [0.25, 0.3) is 5.57 Å². The van der Waals surface area contributed by atoms with E-state index in [9.17, 15) is 15.0 Å². The molecule has 0 atom stereocenters. The van der Waals surface area contributed by atoms with Crippen LogP contribution in [0, 0.1) is 19.8 Å². The Balaban J connectivity index is -0.00000113. The number of carboxylic acids is 1. The fourth-order valence-corrected chi connectivity index (χ4v) is 2.68. The van der Waals surface area contributed by atoms with Gasteiger partial charge in [-0.25, -0.2) is 4.79 Å². The summed E-state index contributed by atoms with van der Waals surface area (Å²) in [7, 11) is 0. The van der Waals surface area contributed by atoms with Gasteiger partial charge in [-0.1, -0.05) is 86.2 Å². The molecule has 1 rings (SSSR count). The van der Waals surface area contributed by atoms with E-state index in [1.807, 2.05) is 86.6 Å². The molecule has 0 amide bonds. The molecule has 0 spiro atoms. The molecular weight excluding hydrogens is 434 g/mol. The highest BCUT2D eigenvalue weighted by molar-refractivity contribution is 6.09. The minimum absolute atomic E-state index is 0.218. The smallest absolute Gasteiger partial charge is 0.341 e. The summed E-state index contributed by atoms with van der Waals surface area (Å²) in [6.07, 6.45) is 5.41. The van der Waals surface area contributed by atoms with Crippen molar-refractivity contribution in [2.24, 2.45) is 10.9 Å². The number of nitrogens with zero attached hydrogens (tertiary/aromatic N) is 1. The summed E-state index contributed by atoms with van der Waals surface area (Å²) in [6, 6.07) is 6.10. The summed E-state index contributed by atoms with van der Waals surface area (Å²) in [5, 5.41) is 19.5. The van der Waals surface area contributed by atoms with Crippen LogP contribution in [-0.2, 0) is 4.79 Å². The first kappa shape index (κ1) is 36.7. The Labute approximate surface area is 215 Å². The number of rotatable bonds is 8. The molecule has 0 aliphatic heterocycles. The molecule has 4 nitrogen and oxygen atoms in total. The number of aliphatic imine (C=N–C) groups is 1. The highest BCUT2D eigenvalue weighted by Gasteiger charge is 2.11. The van der Waals surface area contributed by atoms with Crippen LogP contribution in [-0.4, -0.2) is 28.9 Å². The third-order valence-corrected chi connectivity index (χ3v) is 4.25.